The summed E-state index contributed by atoms with van der Waals surface area (Å²) < 4.78 is 43.7. The van der Waals surface area contributed by atoms with E-state index in [0.717, 1.165) is 12.3 Å². The van der Waals surface area contributed by atoms with Crippen LogP contribution in [0.5, 0.6) is 11.5 Å². The van der Waals surface area contributed by atoms with Crippen molar-refractivity contribution in [3.05, 3.63) is 77.6 Å². The number of para-hydroxylation sites is 1. The van der Waals surface area contributed by atoms with Gasteiger partial charge in [0.2, 0.25) is 0 Å². The number of phenols is 1. The van der Waals surface area contributed by atoms with Crippen LogP contribution in [0, 0.1) is 0 Å². The molecule has 6 nitrogen and oxygen atoms in total. The number of pyridine rings is 1. The standard InChI is InChI=1S/C21H18F3N3O3/c1-30-18-10-13(6-7-17(18)28)12-26-20(29)15-4-2-3-5-16(15)27-14-8-9-25-19(11-14)21(22,23)24/h2-11,28H,12H2,1H3,(H,25,27)(H,26,29). The van der Waals surface area contributed by atoms with Gasteiger partial charge in [-0.25, -0.2) is 0 Å². The van der Waals surface area contributed by atoms with E-state index in [4.69, 9.17) is 4.74 Å². The van der Waals surface area contributed by atoms with Crippen LogP contribution < -0.4 is 15.4 Å². The molecule has 0 spiro atoms. The minimum Gasteiger partial charge on any atom is -0.504 e. The van der Waals surface area contributed by atoms with E-state index in [2.05, 4.69) is 15.6 Å². The van der Waals surface area contributed by atoms with Gasteiger partial charge in [-0.05, 0) is 42.0 Å². The number of ether oxygens (including phenoxy) is 1. The number of alkyl halides is 3. The average molecular weight is 417 g/mol. The number of carbonyl (C=O) groups excluding carboxylic acids is 1. The largest absolute Gasteiger partial charge is 0.504 e. The Kier molecular flexibility index (Phi) is 6.10. The first-order chi connectivity index (χ1) is 14.3. The van der Waals surface area contributed by atoms with Gasteiger partial charge in [-0.15, -0.1) is 0 Å². The summed E-state index contributed by atoms with van der Waals surface area (Å²) in [5.74, 6) is -0.157. The predicted octanol–water partition coefficient (Wildman–Crippen LogP) is 4.49. The molecular weight excluding hydrogens is 399 g/mol. The van der Waals surface area contributed by atoms with E-state index in [1.165, 1.54) is 19.2 Å². The van der Waals surface area contributed by atoms with Crippen LogP contribution in [0.15, 0.2) is 60.8 Å². The second-order valence-electron chi connectivity index (χ2n) is 6.29. The lowest BCUT2D eigenvalue weighted by Crippen LogP contribution is -2.23. The Morgan fingerprint density at radius 3 is 2.63 bits per heavy atom. The van der Waals surface area contributed by atoms with Gasteiger partial charge >= 0.3 is 6.18 Å². The van der Waals surface area contributed by atoms with Crippen molar-refractivity contribution in [3.63, 3.8) is 0 Å². The summed E-state index contributed by atoms with van der Waals surface area (Å²) in [6.45, 7) is 0.164. The summed E-state index contributed by atoms with van der Waals surface area (Å²) in [4.78, 5) is 16.0. The Labute approximate surface area is 170 Å². The zero-order chi connectivity index (χ0) is 21.7. The van der Waals surface area contributed by atoms with Crippen molar-refractivity contribution in [1.82, 2.24) is 10.3 Å². The fourth-order valence-corrected chi connectivity index (χ4v) is 2.72. The lowest BCUT2D eigenvalue weighted by Gasteiger charge is -2.14. The van der Waals surface area contributed by atoms with Gasteiger partial charge in [-0.1, -0.05) is 18.2 Å². The number of nitrogens with one attached hydrogen (secondary N) is 2. The van der Waals surface area contributed by atoms with Crippen LogP contribution in [0.4, 0.5) is 24.5 Å². The first kappa shape index (κ1) is 21.0. The van der Waals surface area contributed by atoms with Crippen molar-refractivity contribution < 1.29 is 27.8 Å². The summed E-state index contributed by atoms with van der Waals surface area (Å²) in [5.41, 5.74) is 0.426. The fourth-order valence-electron chi connectivity index (χ4n) is 2.72. The molecule has 0 saturated carbocycles. The van der Waals surface area contributed by atoms with Crippen LogP contribution in [0.3, 0.4) is 0 Å². The minimum absolute atomic E-state index is 0.0160. The number of benzene rings is 2. The summed E-state index contributed by atoms with van der Waals surface area (Å²) >= 11 is 0. The number of anilines is 2. The van der Waals surface area contributed by atoms with Crippen molar-refractivity contribution in [2.75, 3.05) is 12.4 Å². The van der Waals surface area contributed by atoms with Gasteiger partial charge in [-0.3, -0.25) is 9.78 Å². The highest BCUT2D eigenvalue weighted by Gasteiger charge is 2.32. The van der Waals surface area contributed by atoms with Gasteiger partial charge in [0.05, 0.1) is 18.4 Å². The minimum atomic E-state index is -4.57. The molecule has 0 aliphatic rings. The zero-order valence-electron chi connectivity index (χ0n) is 15.8. The number of rotatable bonds is 6. The number of amides is 1. The molecule has 2 aromatic carbocycles. The maximum absolute atomic E-state index is 12.9. The molecule has 9 heteroatoms. The third kappa shape index (κ3) is 4.99. The van der Waals surface area contributed by atoms with Crippen LogP contribution in [0.25, 0.3) is 0 Å². The number of hydrogen-bond acceptors (Lipinski definition) is 5. The second kappa shape index (κ2) is 8.73. The molecule has 0 fully saturated rings. The van der Waals surface area contributed by atoms with E-state index in [-0.39, 0.29) is 29.3 Å². The molecule has 0 saturated heterocycles. The number of carbonyl (C=O) groups is 1. The Balaban J connectivity index is 1.76. The van der Waals surface area contributed by atoms with Gasteiger partial charge in [-0.2, -0.15) is 13.2 Å². The van der Waals surface area contributed by atoms with Crippen LogP contribution in [0.1, 0.15) is 21.6 Å². The molecular formula is C21H18F3N3O3. The summed E-state index contributed by atoms with van der Waals surface area (Å²) in [6.07, 6.45) is -3.52. The third-order valence-electron chi connectivity index (χ3n) is 4.20. The van der Waals surface area contributed by atoms with Crippen molar-refractivity contribution in [2.24, 2.45) is 0 Å². The normalized spacial score (nSPS) is 11.1. The van der Waals surface area contributed by atoms with E-state index in [0.29, 0.717) is 11.3 Å². The molecule has 0 unspecified atom stereocenters. The highest BCUT2D eigenvalue weighted by atomic mass is 19.4. The Bertz CT molecular complexity index is 1050. The van der Waals surface area contributed by atoms with Gasteiger partial charge in [0.15, 0.2) is 11.5 Å². The monoisotopic (exact) mass is 417 g/mol. The van der Waals surface area contributed by atoms with E-state index in [9.17, 15) is 23.1 Å². The highest BCUT2D eigenvalue weighted by molar-refractivity contribution is 6.00. The second-order valence-corrected chi connectivity index (χ2v) is 6.29. The number of aromatic nitrogens is 1. The SMILES string of the molecule is COc1cc(CNC(=O)c2ccccc2Nc2ccnc(C(F)(F)F)c2)ccc1O. The van der Waals surface area contributed by atoms with Crippen molar-refractivity contribution in [2.45, 2.75) is 12.7 Å². The smallest absolute Gasteiger partial charge is 0.433 e. The molecule has 0 aliphatic carbocycles. The Hall–Kier alpha value is -3.75. The number of halogens is 3. The topological polar surface area (TPSA) is 83.5 Å². The molecule has 0 bridgehead atoms. The Morgan fingerprint density at radius 1 is 1.13 bits per heavy atom. The fraction of sp³-hybridized carbons (Fsp3) is 0.143. The first-order valence-electron chi connectivity index (χ1n) is 8.81. The first-order valence-corrected chi connectivity index (χ1v) is 8.81. The van der Waals surface area contributed by atoms with Crippen molar-refractivity contribution in [3.8, 4) is 11.5 Å². The zero-order valence-corrected chi connectivity index (χ0v) is 15.8. The molecule has 1 amide bonds. The number of hydrogen-bond donors (Lipinski definition) is 3. The number of phenolic OH excluding ortho intramolecular Hbond substituents is 1. The molecule has 30 heavy (non-hydrogen) atoms. The van der Waals surface area contributed by atoms with Crippen LogP contribution in [-0.2, 0) is 12.7 Å². The van der Waals surface area contributed by atoms with Crippen LogP contribution in [0.2, 0.25) is 0 Å². The third-order valence-corrected chi connectivity index (χ3v) is 4.20. The lowest BCUT2D eigenvalue weighted by molar-refractivity contribution is -0.141. The van der Waals surface area contributed by atoms with Crippen LogP contribution in [-0.4, -0.2) is 23.1 Å². The predicted molar refractivity (Wildman–Crippen MR) is 105 cm³/mol. The Morgan fingerprint density at radius 2 is 1.90 bits per heavy atom. The maximum atomic E-state index is 12.9. The molecule has 1 aromatic heterocycles. The average Bonchev–Trinajstić information content (AvgIpc) is 2.73. The quantitative estimate of drug-likeness (QED) is 0.551. The van der Waals surface area contributed by atoms with Crippen LogP contribution >= 0.6 is 0 Å². The van der Waals surface area contributed by atoms with E-state index < -0.39 is 17.8 Å². The van der Waals surface area contributed by atoms with Gasteiger partial charge < -0.3 is 20.5 Å². The van der Waals surface area contributed by atoms with Crippen molar-refractivity contribution in [1.29, 1.82) is 0 Å². The molecule has 3 aromatic rings. The van der Waals surface area contributed by atoms with E-state index in [1.54, 1.807) is 36.4 Å². The summed E-state index contributed by atoms with van der Waals surface area (Å²) in [6, 6.07) is 13.4. The van der Waals surface area contributed by atoms with E-state index >= 15 is 0 Å². The van der Waals surface area contributed by atoms with Gasteiger partial charge in [0.1, 0.15) is 5.69 Å². The molecule has 1 heterocycles. The summed E-state index contributed by atoms with van der Waals surface area (Å²) in [7, 11) is 1.42. The highest BCUT2D eigenvalue weighted by Crippen LogP contribution is 2.30. The lowest BCUT2D eigenvalue weighted by atomic mass is 10.1. The molecule has 0 aliphatic heterocycles. The molecule has 156 valence electrons. The molecule has 3 N–H and O–H groups in total. The number of aromatic hydroxyl groups is 1. The van der Waals surface area contributed by atoms with Crippen molar-refractivity contribution >= 4 is 17.3 Å². The maximum Gasteiger partial charge on any atom is 0.433 e. The summed E-state index contributed by atoms with van der Waals surface area (Å²) in [5, 5.41) is 15.2. The number of methoxy groups -OCH3 is 1. The van der Waals surface area contributed by atoms with Gasteiger partial charge in [0, 0.05) is 18.4 Å². The molecule has 3 rings (SSSR count). The molecule has 0 atom stereocenters. The van der Waals surface area contributed by atoms with E-state index in [1.807, 2.05) is 0 Å². The number of nitrogens with zero attached hydrogens (tertiary/aromatic N) is 1. The molecule has 0 radical (unpaired) electrons. The van der Waals surface area contributed by atoms with Gasteiger partial charge in [0.25, 0.3) is 5.91 Å².